The predicted molar refractivity (Wildman–Crippen MR) is 83.2 cm³/mol. The topological polar surface area (TPSA) is 64.3 Å². The smallest absolute Gasteiger partial charge is 0.234 e. The quantitative estimate of drug-likeness (QED) is 0.655. The third-order valence-electron chi connectivity index (χ3n) is 2.63. The van der Waals surface area contributed by atoms with E-state index in [-0.39, 0.29) is 5.91 Å². The summed E-state index contributed by atoms with van der Waals surface area (Å²) in [5.41, 5.74) is 6.96. The number of ether oxygens (including phenoxy) is 1. The van der Waals surface area contributed by atoms with Crippen molar-refractivity contribution >= 4 is 29.0 Å². The molecule has 0 aromatic heterocycles. The van der Waals surface area contributed by atoms with Crippen LogP contribution in [-0.4, -0.2) is 18.8 Å². The molecule has 0 atom stereocenters. The molecule has 0 aliphatic carbocycles. The van der Waals surface area contributed by atoms with Crippen molar-refractivity contribution in [1.82, 2.24) is 0 Å². The van der Waals surface area contributed by atoms with Gasteiger partial charge in [-0.25, -0.2) is 0 Å². The Morgan fingerprint density at radius 1 is 1.25 bits per heavy atom. The second-order valence-electron chi connectivity index (χ2n) is 4.11. The monoisotopic (exact) mass is 288 g/mol. The summed E-state index contributed by atoms with van der Waals surface area (Å²) >= 11 is 1.49. The van der Waals surface area contributed by atoms with Gasteiger partial charge in [-0.15, -0.1) is 11.8 Å². The lowest BCUT2D eigenvalue weighted by Gasteiger charge is -2.08. The summed E-state index contributed by atoms with van der Waals surface area (Å²) in [5.74, 6) is 0.890. The Labute approximate surface area is 122 Å². The molecule has 2 aromatic rings. The van der Waals surface area contributed by atoms with Crippen LogP contribution in [0.15, 0.2) is 53.4 Å². The van der Waals surface area contributed by atoms with Crippen LogP contribution in [0.4, 0.5) is 11.4 Å². The minimum absolute atomic E-state index is 0.0663. The van der Waals surface area contributed by atoms with Crippen LogP contribution in [-0.2, 0) is 4.79 Å². The van der Waals surface area contributed by atoms with E-state index in [2.05, 4.69) is 5.32 Å². The highest BCUT2D eigenvalue weighted by molar-refractivity contribution is 8.00. The number of benzene rings is 2. The largest absolute Gasteiger partial charge is 0.495 e. The van der Waals surface area contributed by atoms with Crippen molar-refractivity contribution in [3.8, 4) is 5.75 Å². The molecule has 0 heterocycles. The molecule has 2 rings (SSSR count). The van der Waals surface area contributed by atoms with Gasteiger partial charge >= 0.3 is 0 Å². The van der Waals surface area contributed by atoms with Gasteiger partial charge in [0.1, 0.15) is 5.75 Å². The molecule has 0 saturated carbocycles. The Morgan fingerprint density at radius 3 is 2.65 bits per heavy atom. The van der Waals surface area contributed by atoms with Crippen LogP contribution in [0.25, 0.3) is 0 Å². The van der Waals surface area contributed by atoms with Gasteiger partial charge in [0.25, 0.3) is 0 Å². The standard InChI is InChI=1S/C15H16N2O2S/c1-19-14-8-7-11(9-13(14)16)17-15(18)10-20-12-5-3-2-4-6-12/h2-9H,10,16H2,1H3,(H,17,18). The number of carbonyl (C=O) groups is 1. The van der Waals surface area contributed by atoms with Gasteiger partial charge < -0.3 is 15.8 Å². The van der Waals surface area contributed by atoms with Crippen molar-refractivity contribution in [2.75, 3.05) is 23.9 Å². The van der Waals surface area contributed by atoms with Crippen molar-refractivity contribution in [1.29, 1.82) is 0 Å². The fraction of sp³-hybridized carbons (Fsp3) is 0.133. The fourth-order valence-electron chi connectivity index (χ4n) is 1.67. The third-order valence-corrected chi connectivity index (χ3v) is 3.64. The van der Waals surface area contributed by atoms with Crippen molar-refractivity contribution < 1.29 is 9.53 Å². The number of thioether (sulfide) groups is 1. The third kappa shape index (κ3) is 3.93. The summed E-state index contributed by atoms with van der Waals surface area (Å²) in [6, 6.07) is 15.0. The van der Waals surface area contributed by atoms with Gasteiger partial charge in [0.15, 0.2) is 0 Å². The average Bonchev–Trinajstić information content (AvgIpc) is 2.46. The summed E-state index contributed by atoms with van der Waals surface area (Å²) in [6.45, 7) is 0. The number of rotatable bonds is 5. The van der Waals surface area contributed by atoms with Crippen LogP contribution in [0, 0.1) is 0 Å². The lowest BCUT2D eigenvalue weighted by Crippen LogP contribution is -2.14. The van der Waals surface area contributed by atoms with E-state index in [0.29, 0.717) is 22.9 Å². The van der Waals surface area contributed by atoms with Crippen LogP contribution < -0.4 is 15.8 Å². The number of nitrogen functional groups attached to an aromatic ring is 1. The molecule has 0 fully saturated rings. The molecule has 2 aromatic carbocycles. The number of carbonyl (C=O) groups excluding carboxylic acids is 1. The Morgan fingerprint density at radius 2 is 2.00 bits per heavy atom. The Bertz CT molecular complexity index is 588. The molecule has 5 heteroatoms. The molecule has 0 unspecified atom stereocenters. The van der Waals surface area contributed by atoms with E-state index in [1.807, 2.05) is 30.3 Å². The second kappa shape index (κ2) is 6.86. The Kier molecular flexibility index (Phi) is 4.90. The van der Waals surface area contributed by atoms with Crippen LogP contribution >= 0.6 is 11.8 Å². The molecule has 0 aliphatic heterocycles. The first-order valence-electron chi connectivity index (χ1n) is 6.10. The first-order chi connectivity index (χ1) is 9.69. The van der Waals surface area contributed by atoms with Crippen molar-refractivity contribution in [2.24, 2.45) is 0 Å². The summed E-state index contributed by atoms with van der Waals surface area (Å²) < 4.78 is 5.07. The van der Waals surface area contributed by atoms with Gasteiger partial charge in [0.05, 0.1) is 18.6 Å². The highest BCUT2D eigenvalue weighted by Gasteiger charge is 2.05. The normalized spacial score (nSPS) is 10.1. The number of nitrogens with two attached hydrogens (primary N) is 1. The Hall–Kier alpha value is -2.14. The number of hydrogen-bond donors (Lipinski definition) is 2. The SMILES string of the molecule is COc1ccc(NC(=O)CSc2ccccc2)cc1N. The van der Waals surface area contributed by atoms with Crippen molar-refractivity contribution in [3.63, 3.8) is 0 Å². The van der Waals surface area contributed by atoms with E-state index >= 15 is 0 Å². The number of anilines is 2. The van der Waals surface area contributed by atoms with Gasteiger partial charge in [0.2, 0.25) is 5.91 Å². The maximum Gasteiger partial charge on any atom is 0.234 e. The van der Waals surface area contributed by atoms with Crippen LogP contribution in [0.2, 0.25) is 0 Å². The molecule has 1 amide bonds. The molecule has 4 nitrogen and oxygen atoms in total. The molecule has 0 saturated heterocycles. The van der Waals surface area contributed by atoms with Crippen molar-refractivity contribution in [3.05, 3.63) is 48.5 Å². The minimum atomic E-state index is -0.0663. The average molecular weight is 288 g/mol. The number of amides is 1. The van der Waals surface area contributed by atoms with Crippen LogP contribution in [0.1, 0.15) is 0 Å². The van der Waals surface area contributed by atoms with Gasteiger partial charge in [-0.2, -0.15) is 0 Å². The molecule has 104 valence electrons. The van der Waals surface area contributed by atoms with Gasteiger partial charge in [-0.1, -0.05) is 18.2 Å². The number of methoxy groups -OCH3 is 1. The van der Waals surface area contributed by atoms with E-state index < -0.39 is 0 Å². The summed E-state index contributed by atoms with van der Waals surface area (Å²) in [7, 11) is 1.56. The maximum absolute atomic E-state index is 11.8. The lowest BCUT2D eigenvalue weighted by molar-refractivity contribution is -0.113. The van der Waals surface area contributed by atoms with Gasteiger partial charge in [-0.05, 0) is 30.3 Å². The number of hydrogen-bond acceptors (Lipinski definition) is 4. The van der Waals surface area contributed by atoms with Gasteiger partial charge in [-0.3, -0.25) is 4.79 Å². The highest BCUT2D eigenvalue weighted by Crippen LogP contribution is 2.25. The van der Waals surface area contributed by atoms with Crippen molar-refractivity contribution in [2.45, 2.75) is 4.90 Å². The van der Waals surface area contributed by atoms with E-state index in [0.717, 1.165) is 4.90 Å². The summed E-state index contributed by atoms with van der Waals surface area (Å²) in [6.07, 6.45) is 0. The molecule has 0 bridgehead atoms. The van der Waals surface area contributed by atoms with E-state index in [9.17, 15) is 4.79 Å². The summed E-state index contributed by atoms with van der Waals surface area (Å²) in [4.78, 5) is 12.9. The van der Waals surface area contributed by atoms with Crippen LogP contribution in [0.5, 0.6) is 5.75 Å². The first kappa shape index (κ1) is 14.3. The van der Waals surface area contributed by atoms with Gasteiger partial charge in [0, 0.05) is 10.6 Å². The predicted octanol–water partition coefficient (Wildman–Crippen LogP) is 3.01. The lowest BCUT2D eigenvalue weighted by atomic mass is 10.2. The maximum atomic E-state index is 11.8. The van der Waals surface area contributed by atoms with E-state index in [1.54, 1.807) is 25.3 Å². The first-order valence-corrected chi connectivity index (χ1v) is 7.09. The number of nitrogens with one attached hydrogen (secondary N) is 1. The molecule has 20 heavy (non-hydrogen) atoms. The summed E-state index contributed by atoms with van der Waals surface area (Å²) in [5, 5.41) is 2.81. The molecular formula is C15H16N2O2S. The molecule has 0 radical (unpaired) electrons. The van der Waals surface area contributed by atoms with Crippen LogP contribution in [0.3, 0.4) is 0 Å². The van der Waals surface area contributed by atoms with E-state index in [4.69, 9.17) is 10.5 Å². The molecular weight excluding hydrogens is 272 g/mol. The molecule has 0 spiro atoms. The minimum Gasteiger partial charge on any atom is -0.495 e. The highest BCUT2D eigenvalue weighted by atomic mass is 32.2. The second-order valence-corrected chi connectivity index (χ2v) is 5.16. The Balaban J connectivity index is 1.90. The fourth-order valence-corrected chi connectivity index (χ4v) is 2.39. The zero-order valence-electron chi connectivity index (χ0n) is 11.1. The zero-order valence-corrected chi connectivity index (χ0v) is 11.9. The molecule has 0 aliphatic rings. The zero-order chi connectivity index (χ0) is 14.4. The molecule has 3 N–H and O–H groups in total. The van der Waals surface area contributed by atoms with E-state index in [1.165, 1.54) is 11.8 Å².